The molecule has 1 amide bonds. The molecular formula is C17H20N2O. The van der Waals surface area contributed by atoms with Crippen molar-refractivity contribution < 1.29 is 4.79 Å². The van der Waals surface area contributed by atoms with E-state index in [1.165, 1.54) is 0 Å². The highest BCUT2D eigenvalue weighted by atomic mass is 16.1. The highest BCUT2D eigenvalue weighted by molar-refractivity contribution is 5.95. The summed E-state index contributed by atoms with van der Waals surface area (Å²) >= 11 is 0. The predicted octanol–water partition coefficient (Wildman–Crippen LogP) is 2.69. The van der Waals surface area contributed by atoms with Crippen molar-refractivity contribution in [1.82, 2.24) is 5.32 Å². The van der Waals surface area contributed by atoms with Crippen LogP contribution in [0.25, 0.3) is 0 Å². The number of carbonyl (C=O) groups excluding carboxylic acids is 1. The summed E-state index contributed by atoms with van der Waals surface area (Å²) in [6.45, 7) is 5.04. The Kier molecular flexibility index (Phi) is 4.53. The summed E-state index contributed by atoms with van der Waals surface area (Å²) in [7, 11) is 0. The van der Waals surface area contributed by atoms with Crippen molar-refractivity contribution >= 4 is 5.91 Å². The Morgan fingerprint density at radius 1 is 1.05 bits per heavy atom. The minimum atomic E-state index is -0.0367. The zero-order chi connectivity index (χ0) is 14.5. The van der Waals surface area contributed by atoms with E-state index in [-0.39, 0.29) is 5.91 Å². The maximum Gasteiger partial charge on any atom is 0.251 e. The van der Waals surface area contributed by atoms with Gasteiger partial charge in [-0.1, -0.05) is 42.0 Å². The van der Waals surface area contributed by atoms with Crippen LogP contribution in [0.15, 0.2) is 42.5 Å². The minimum Gasteiger partial charge on any atom is -0.348 e. The van der Waals surface area contributed by atoms with Crippen LogP contribution in [0.1, 0.15) is 32.6 Å². The van der Waals surface area contributed by atoms with Gasteiger partial charge in [0.25, 0.3) is 5.91 Å². The van der Waals surface area contributed by atoms with Crippen LogP contribution in [0.5, 0.6) is 0 Å². The van der Waals surface area contributed by atoms with Gasteiger partial charge < -0.3 is 11.1 Å². The summed E-state index contributed by atoms with van der Waals surface area (Å²) in [6.07, 6.45) is 0. The van der Waals surface area contributed by atoms with E-state index < -0.39 is 0 Å². The zero-order valence-corrected chi connectivity index (χ0v) is 11.9. The molecule has 0 saturated heterocycles. The molecule has 0 aliphatic heterocycles. The van der Waals surface area contributed by atoms with Gasteiger partial charge in [0.2, 0.25) is 0 Å². The molecule has 0 bridgehead atoms. The van der Waals surface area contributed by atoms with Crippen LogP contribution in [0, 0.1) is 13.8 Å². The van der Waals surface area contributed by atoms with Crippen LogP contribution >= 0.6 is 0 Å². The van der Waals surface area contributed by atoms with Crippen LogP contribution in [0.4, 0.5) is 0 Å². The van der Waals surface area contributed by atoms with Gasteiger partial charge in [-0.3, -0.25) is 4.79 Å². The maximum atomic E-state index is 12.1. The van der Waals surface area contributed by atoms with Crippen LogP contribution in [0.3, 0.4) is 0 Å². The lowest BCUT2D eigenvalue weighted by Gasteiger charge is -2.09. The molecule has 20 heavy (non-hydrogen) atoms. The number of nitrogens with one attached hydrogen (secondary N) is 1. The summed E-state index contributed by atoms with van der Waals surface area (Å²) in [4.78, 5) is 12.1. The first kappa shape index (κ1) is 14.3. The Hall–Kier alpha value is -2.13. The summed E-state index contributed by atoms with van der Waals surface area (Å²) in [6, 6.07) is 13.8. The number of carbonyl (C=O) groups is 1. The molecule has 0 fully saturated rings. The third-order valence-electron chi connectivity index (χ3n) is 3.34. The third kappa shape index (κ3) is 3.45. The Bertz CT molecular complexity index is 603. The summed E-state index contributed by atoms with van der Waals surface area (Å²) in [5.41, 5.74) is 10.6. The molecule has 0 aliphatic carbocycles. The fraction of sp³-hybridized carbons (Fsp3) is 0.235. The van der Waals surface area contributed by atoms with Crippen LogP contribution in [-0.4, -0.2) is 5.91 Å². The average molecular weight is 268 g/mol. The van der Waals surface area contributed by atoms with Crippen LogP contribution in [0.2, 0.25) is 0 Å². The molecule has 0 spiro atoms. The lowest BCUT2D eigenvalue weighted by atomic mass is 10.1. The smallest absolute Gasteiger partial charge is 0.251 e. The van der Waals surface area contributed by atoms with E-state index in [0.717, 1.165) is 27.8 Å². The molecule has 3 heteroatoms. The van der Waals surface area contributed by atoms with Crippen LogP contribution in [-0.2, 0) is 13.1 Å². The van der Waals surface area contributed by atoms with E-state index in [1.807, 2.05) is 56.3 Å². The highest BCUT2D eigenvalue weighted by Crippen LogP contribution is 2.11. The number of hydrogen-bond donors (Lipinski definition) is 2. The number of amides is 1. The molecule has 3 N–H and O–H groups in total. The first-order chi connectivity index (χ1) is 9.60. The molecule has 0 unspecified atom stereocenters. The second-order valence-corrected chi connectivity index (χ2v) is 5.02. The van der Waals surface area contributed by atoms with E-state index >= 15 is 0 Å². The van der Waals surface area contributed by atoms with Crippen molar-refractivity contribution in [2.75, 3.05) is 0 Å². The fourth-order valence-electron chi connectivity index (χ4n) is 2.14. The Labute approximate surface area is 119 Å². The monoisotopic (exact) mass is 268 g/mol. The molecule has 0 radical (unpaired) electrons. The second-order valence-electron chi connectivity index (χ2n) is 5.02. The van der Waals surface area contributed by atoms with Crippen molar-refractivity contribution in [3.63, 3.8) is 0 Å². The Morgan fingerprint density at radius 2 is 1.70 bits per heavy atom. The third-order valence-corrected chi connectivity index (χ3v) is 3.34. The number of hydrogen-bond acceptors (Lipinski definition) is 2. The molecule has 0 aromatic heterocycles. The van der Waals surface area contributed by atoms with E-state index in [4.69, 9.17) is 5.73 Å². The normalized spacial score (nSPS) is 10.3. The molecule has 2 rings (SSSR count). The lowest BCUT2D eigenvalue weighted by molar-refractivity contribution is 0.0950. The molecule has 104 valence electrons. The average Bonchev–Trinajstić information content (AvgIpc) is 2.45. The molecule has 0 saturated carbocycles. The lowest BCUT2D eigenvalue weighted by Crippen LogP contribution is -2.23. The maximum absolute atomic E-state index is 12.1. The number of nitrogens with two attached hydrogens (primary N) is 1. The molecule has 0 atom stereocenters. The summed E-state index contributed by atoms with van der Waals surface area (Å²) in [5.74, 6) is -0.0367. The van der Waals surface area contributed by atoms with Crippen molar-refractivity contribution in [3.05, 3.63) is 70.3 Å². The number of aryl methyl sites for hydroxylation is 2. The molecule has 0 aliphatic rings. The zero-order valence-electron chi connectivity index (χ0n) is 11.9. The van der Waals surface area contributed by atoms with Gasteiger partial charge in [-0.2, -0.15) is 0 Å². The van der Waals surface area contributed by atoms with Gasteiger partial charge in [-0.05, 0) is 36.6 Å². The number of rotatable bonds is 4. The van der Waals surface area contributed by atoms with Crippen molar-refractivity contribution in [3.8, 4) is 0 Å². The Morgan fingerprint density at radius 3 is 2.30 bits per heavy atom. The van der Waals surface area contributed by atoms with Gasteiger partial charge in [0.1, 0.15) is 0 Å². The molecule has 2 aromatic carbocycles. The highest BCUT2D eigenvalue weighted by Gasteiger charge is 2.08. The molecular weight excluding hydrogens is 248 g/mol. The molecule has 2 aromatic rings. The number of benzene rings is 2. The molecule has 3 nitrogen and oxygen atoms in total. The largest absolute Gasteiger partial charge is 0.348 e. The second kappa shape index (κ2) is 6.35. The van der Waals surface area contributed by atoms with Crippen molar-refractivity contribution in [1.29, 1.82) is 0 Å². The summed E-state index contributed by atoms with van der Waals surface area (Å²) in [5, 5.41) is 2.94. The van der Waals surface area contributed by atoms with Crippen molar-refractivity contribution in [2.24, 2.45) is 5.73 Å². The van der Waals surface area contributed by atoms with E-state index in [2.05, 4.69) is 5.32 Å². The predicted molar refractivity (Wildman–Crippen MR) is 81.4 cm³/mol. The van der Waals surface area contributed by atoms with Gasteiger partial charge in [-0.25, -0.2) is 0 Å². The standard InChI is InChI=1S/C17H20N2O/c1-12-3-8-16(13(2)9-12)17(20)19-11-15-6-4-14(10-18)5-7-15/h3-9H,10-11,18H2,1-2H3,(H,19,20). The van der Waals surface area contributed by atoms with Crippen LogP contribution < -0.4 is 11.1 Å². The Balaban J connectivity index is 2.00. The minimum absolute atomic E-state index is 0.0367. The topological polar surface area (TPSA) is 55.1 Å². The van der Waals surface area contributed by atoms with E-state index in [1.54, 1.807) is 0 Å². The first-order valence-corrected chi connectivity index (χ1v) is 6.73. The quantitative estimate of drug-likeness (QED) is 0.895. The SMILES string of the molecule is Cc1ccc(C(=O)NCc2ccc(CN)cc2)c(C)c1. The first-order valence-electron chi connectivity index (χ1n) is 6.73. The van der Waals surface area contributed by atoms with Gasteiger partial charge in [0, 0.05) is 18.7 Å². The van der Waals surface area contributed by atoms with Gasteiger partial charge >= 0.3 is 0 Å². The fourth-order valence-corrected chi connectivity index (χ4v) is 2.14. The van der Waals surface area contributed by atoms with Gasteiger partial charge in [-0.15, -0.1) is 0 Å². The van der Waals surface area contributed by atoms with Crippen molar-refractivity contribution in [2.45, 2.75) is 26.9 Å². The van der Waals surface area contributed by atoms with E-state index in [9.17, 15) is 4.79 Å². The molecule has 0 heterocycles. The summed E-state index contributed by atoms with van der Waals surface area (Å²) < 4.78 is 0. The van der Waals surface area contributed by atoms with E-state index in [0.29, 0.717) is 13.1 Å². The van der Waals surface area contributed by atoms with Gasteiger partial charge in [0.05, 0.1) is 0 Å². The van der Waals surface area contributed by atoms with Gasteiger partial charge in [0.15, 0.2) is 0 Å².